The lowest BCUT2D eigenvalue weighted by Gasteiger charge is -2.23. The van der Waals surface area contributed by atoms with Gasteiger partial charge in [-0.25, -0.2) is 8.42 Å². The minimum absolute atomic E-state index is 0.163. The fraction of sp³-hybridized carbons (Fsp3) is 0.435. The second-order valence-corrected chi connectivity index (χ2v) is 10.7. The number of aryl methyl sites for hydroxylation is 1. The van der Waals surface area contributed by atoms with Gasteiger partial charge in [0.15, 0.2) is 0 Å². The number of amides is 1. The highest BCUT2D eigenvalue weighted by Crippen LogP contribution is 2.44. The SMILES string of the molecule is Cc1ccc(C(=O)N[C@@H]2CC3CCC2C3)cc1S(=O)(=O)N1Cc2ccccc2C1. The largest absolute Gasteiger partial charge is 0.349 e. The van der Waals surface area contributed by atoms with Crippen molar-refractivity contribution in [1.82, 2.24) is 9.62 Å². The summed E-state index contributed by atoms with van der Waals surface area (Å²) in [6.45, 7) is 2.53. The summed E-state index contributed by atoms with van der Waals surface area (Å²) in [4.78, 5) is 13.1. The molecule has 2 bridgehead atoms. The summed E-state index contributed by atoms with van der Waals surface area (Å²) in [6, 6.07) is 13.1. The molecule has 6 heteroatoms. The minimum atomic E-state index is -3.68. The number of carbonyl (C=O) groups excluding carboxylic acids is 1. The summed E-state index contributed by atoms with van der Waals surface area (Å²) in [5.41, 5.74) is 3.17. The van der Waals surface area contributed by atoms with Crippen LogP contribution in [0.1, 0.15) is 52.7 Å². The second kappa shape index (κ2) is 6.96. The average Bonchev–Trinajstić information content (AvgIpc) is 3.43. The van der Waals surface area contributed by atoms with Gasteiger partial charge in [-0.1, -0.05) is 36.8 Å². The molecule has 152 valence electrons. The number of fused-ring (bicyclic) bond motifs is 3. The van der Waals surface area contributed by atoms with E-state index in [2.05, 4.69) is 5.32 Å². The predicted molar refractivity (Wildman–Crippen MR) is 111 cm³/mol. The quantitative estimate of drug-likeness (QED) is 0.837. The van der Waals surface area contributed by atoms with Crippen LogP contribution >= 0.6 is 0 Å². The topological polar surface area (TPSA) is 66.5 Å². The van der Waals surface area contributed by atoms with Gasteiger partial charge in [-0.2, -0.15) is 4.31 Å². The maximum atomic E-state index is 13.3. The molecule has 2 saturated carbocycles. The molecule has 0 saturated heterocycles. The van der Waals surface area contributed by atoms with Gasteiger partial charge in [0, 0.05) is 24.7 Å². The van der Waals surface area contributed by atoms with Crippen LogP contribution in [0, 0.1) is 18.8 Å². The zero-order valence-corrected chi connectivity index (χ0v) is 17.4. The highest BCUT2D eigenvalue weighted by atomic mass is 32.2. The van der Waals surface area contributed by atoms with Crippen molar-refractivity contribution in [2.75, 3.05) is 0 Å². The molecule has 5 rings (SSSR count). The summed E-state index contributed by atoms with van der Waals surface area (Å²) < 4.78 is 28.2. The van der Waals surface area contributed by atoms with Gasteiger partial charge in [0.1, 0.15) is 0 Å². The first-order valence-corrected chi connectivity index (χ1v) is 11.8. The van der Waals surface area contributed by atoms with E-state index in [9.17, 15) is 13.2 Å². The molecule has 2 aliphatic carbocycles. The molecule has 3 aliphatic rings. The summed E-state index contributed by atoms with van der Waals surface area (Å²) in [5, 5.41) is 3.16. The zero-order valence-electron chi connectivity index (χ0n) is 16.6. The molecule has 0 spiro atoms. The zero-order chi connectivity index (χ0) is 20.2. The van der Waals surface area contributed by atoms with E-state index in [4.69, 9.17) is 0 Å². The number of benzene rings is 2. The Kier molecular flexibility index (Phi) is 4.51. The number of carbonyl (C=O) groups is 1. The molecule has 0 aromatic heterocycles. The average molecular weight is 411 g/mol. The van der Waals surface area contributed by atoms with Gasteiger partial charge >= 0.3 is 0 Å². The predicted octanol–water partition coefficient (Wildman–Crippen LogP) is 3.62. The molecule has 2 aromatic rings. The van der Waals surface area contributed by atoms with E-state index in [-0.39, 0.29) is 16.8 Å². The van der Waals surface area contributed by atoms with E-state index >= 15 is 0 Å². The fourth-order valence-electron chi connectivity index (χ4n) is 5.30. The van der Waals surface area contributed by atoms with Crippen LogP contribution in [0.15, 0.2) is 47.4 Å². The Morgan fingerprint density at radius 2 is 1.76 bits per heavy atom. The normalized spacial score (nSPS) is 25.9. The third kappa shape index (κ3) is 3.28. The van der Waals surface area contributed by atoms with Crippen LogP contribution in [0.2, 0.25) is 0 Å². The Balaban J connectivity index is 1.38. The lowest BCUT2D eigenvalue weighted by atomic mass is 9.95. The standard InChI is InChI=1S/C23H26N2O3S/c1-15-6-8-18(23(26)24-21-11-16-7-9-17(21)10-16)12-22(15)29(27,28)25-13-19-4-2-3-5-20(19)14-25/h2-6,8,12,16-17,21H,7,9-11,13-14H2,1H3,(H,24,26)/t16?,17?,21-/m1/s1. The van der Waals surface area contributed by atoms with Crippen molar-refractivity contribution in [2.45, 2.75) is 56.6 Å². The van der Waals surface area contributed by atoms with E-state index in [0.717, 1.165) is 23.5 Å². The number of hydrogen-bond donors (Lipinski definition) is 1. The van der Waals surface area contributed by atoms with Crippen LogP contribution in [-0.2, 0) is 23.1 Å². The molecule has 2 aromatic carbocycles. The molecule has 29 heavy (non-hydrogen) atoms. The smallest absolute Gasteiger partial charge is 0.251 e. The van der Waals surface area contributed by atoms with Crippen molar-refractivity contribution in [2.24, 2.45) is 11.8 Å². The molecular weight excluding hydrogens is 384 g/mol. The summed E-state index contributed by atoms with van der Waals surface area (Å²) in [6.07, 6.45) is 4.74. The number of hydrogen-bond acceptors (Lipinski definition) is 3. The third-order valence-electron chi connectivity index (χ3n) is 6.93. The Morgan fingerprint density at radius 3 is 2.38 bits per heavy atom. The van der Waals surface area contributed by atoms with Crippen LogP contribution in [0.25, 0.3) is 0 Å². The molecule has 3 atom stereocenters. The van der Waals surface area contributed by atoms with Crippen molar-refractivity contribution in [3.05, 3.63) is 64.7 Å². The van der Waals surface area contributed by atoms with Crippen molar-refractivity contribution in [1.29, 1.82) is 0 Å². The van der Waals surface area contributed by atoms with Gasteiger partial charge in [-0.15, -0.1) is 0 Å². The highest BCUT2D eigenvalue weighted by molar-refractivity contribution is 7.89. The molecule has 1 amide bonds. The summed E-state index contributed by atoms with van der Waals surface area (Å²) in [5.74, 6) is 1.17. The van der Waals surface area contributed by atoms with Gasteiger partial charge in [0.25, 0.3) is 5.91 Å². The van der Waals surface area contributed by atoms with Crippen LogP contribution in [0.4, 0.5) is 0 Å². The van der Waals surface area contributed by atoms with Crippen LogP contribution < -0.4 is 5.32 Å². The number of sulfonamides is 1. The van der Waals surface area contributed by atoms with Gasteiger partial charge in [-0.3, -0.25) is 4.79 Å². The first-order valence-electron chi connectivity index (χ1n) is 10.4. The molecule has 2 unspecified atom stereocenters. The fourth-order valence-corrected chi connectivity index (χ4v) is 6.95. The maximum Gasteiger partial charge on any atom is 0.251 e. The van der Waals surface area contributed by atoms with Crippen LogP contribution in [-0.4, -0.2) is 24.7 Å². The maximum absolute atomic E-state index is 13.3. The molecule has 1 N–H and O–H groups in total. The van der Waals surface area contributed by atoms with Crippen molar-refractivity contribution < 1.29 is 13.2 Å². The second-order valence-electron chi connectivity index (χ2n) is 8.78. The Labute approximate surface area is 172 Å². The Bertz CT molecular complexity index is 1050. The highest BCUT2D eigenvalue weighted by Gasteiger charge is 2.40. The lowest BCUT2D eigenvalue weighted by Crippen LogP contribution is -2.38. The molecule has 1 aliphatic heterocycles. The van der Waals surface area contributed by atoms with Gasteiger partial charge in [0.2, 0.25) is 10.0 Å². The summed E-state index contributed by atoms with van der Waals surface area (Å²) >= 11 is 0. The monoisotopic (exact) mass is 410 g/mol. The van der Waals surface area contributed by atoms with E-state index in [1.165, 1.54) is 23.6 Å². The molecular formula is C23H26N2O3S. The van der Waals surface area contributed by atoms with Gasteiger partial charge < -0.3 is 5.32 Å². The summed E-state index contributed by atoms with van der Waals surface area (Å²) in [7, 11) is -3.68. The first kappa shape index (κ1) is 18.8. The Morgan fingerprint density at radius 1 is 1.03 bits per heavy atom. The number of rotatable bonds is 4. The van der Waals surface area contributed by atoms with E-state index < -0.39 is 10.0 Å². The number of nitrogens with one attached hydrogen (secondary N) is 1. The lowest BCUT2D eigenvalue weighted by molar-refractivity contribution is 0.0922. The van der Waals surface area contributed by atoms with Crippen molar-refractivity contribution in [3.8, 4) is 0 Å². The third-order valence-corrected chi connectivity index (χ3v) is 8.87. The van der Waals surface area contributed by atoms with Crippen molar-refractivity contribution >= 4 is 15.9 Å². The Hall–Kier alpha value is -2.18. The molecule has 5 nitrogen and oxygen atoms in total. The van der Waals surface area contributed by atoms with E-state index in [0.29, 0.717) is 30.1 Å². The minimum Gasteiger partial charge on any atom is -0.349 e. The van der Waals surface area contributed by atoms with Crippen LogP contribution in [0.5, 0.6) is 0 Å². The van der Waals surface area contributed by atoms with E-state index in [1.54, 1.807) is 25.1 Å². The van der Waals surface area contributed by atoms with Crippen molar-refractivity contribution in [3.63, 3.8) is 0 Å². The molecule has 0 radical (unpaired) electrons. The van der Waals surface area contributed by atoms with Gasteiger partial charge in [-0.05, 0) is 66.8 Å². The molecule has 1 heterocycles. The molecule has 2 fully saturated rings. The van der Waals surface area contributed by atoms with E-state index in [1.807, 2.05) is 24.3 Å². The van der Waals surface area contributed by atoms with Crippen LogP contribution in [0.3, 0.4) is 0 Å². The number of nitrogens with zero attached hydrogens (tertiary/aromatic N) is 1. The van der Waals surface area contributed by atoms with Gasteiger partial charge in [0.05, 0.1) is 4.90 Å². The first-order chi connectivity index (χ1) is 13.9.